The number of aromatic nitrogens is 2. The minimum absolute atomic E-state index is 0.561. The number of hydrogen-bond acceptors (Lipinski definition) is 3. The normalized spacial score (nSPS) is 10.4. The third-order valence-corrected chi connectivity index (χ3v) is 2.47. The van der Waals surface area contributed by atoms with E-state index in [2.05, 4.69) is 27.3 Å². The Labute approximate surface area is 78.5 Å². The van der Waals surface area contributed by atoms with Gasteiger partial charge in [-0.3, -0.25) is 4.68 Å². The molecule has 3 nitrogen and oxygen atoms in total. The number of hydrogen-bond donors (Lipinski definition) is 1. The van der Waals surface area contributed by atoms with E-state index in [1.54, 1.807) is 11.8 Å². The van der Waals surface area contributed by atoms with Crippen molar-refractivity contribution in [1.82, 2.24) is 9.78 Å². The molecule has 0 atom stereocenters. The van der Waals surface area contributed by atoms with E-state index in [1.807, 2.05) is 10.9 Å². The van der Waals surface area contributed by atoms with Gasteiger partial charge in [-0.2, -0.15) is 16.9 Å². The van der Waals surface area contributed by atoms with E-state index in [1.165, 1.54) is 0 Å². The minimum Gasteiger partial charge on any atom is -0.381 e. The average Bonchev–Trinajstić information content (AvgIpc) is 2.28. The lowest BCUT2D eigenvalue weighted by Gasteiger charge is -1.96. The van der Waals surface area contributed by atoms with Gasteiger partial charge in [-0.05, 0) is 22.2 Å². The lowest BCUT2D eigenvalue weighted by molar-refractivity contribution is 0.669. The number of nitrogen functional groups attached to an aromatic ring is 1. The second-order valence-corrected chi connectivity index (χ2v) is 3.96. The monoisotopic (exact) mass is 235 g/mol. The molecule has 11 heavy (non-hydrogen) atoms. The van der Waals surface area contributed by atoms with Crippen LogP contribution in [0.3, 0.4) is 0 Å². The lowest BCUT2D eigenvalue weighted by Crippen LogP contribution is -2.01. The van der Waals surface area contributed by atoms with Crippen molar-refractivity contribution in [3.05, 3.63) is 10.7 Å². The molecule has 0 aliphatic rings. The summed E-state index contributed by atoms with van der Waals surface area (Å²) in [6.45, 7) is 0.914. The molecule has 0 unspecified atom stereocenters. The van der Waals surface area contributed by atoms with Gasteiger partial charge in [0.25, 0.3) is 0 Å². The molecule has 0 spiro atoms. The van der Waals surface area contributed by atoms with Gasteiger partial charge < -0.3 is 5.73 Å². The van der Waals surface area contributed by atoms with E-state index in [0.717, 1.165) is 16.8 Å². The van der Waals surface area contributed by atoms with Crippen LogP contribution in [0.5, 0.6) is 0 Å². The number of aryl methyl sites for hydroxylation is 1. The largest absolute Gasteiger partial charge is 0.381 e. The first kappa shape index (κ1) is 8.93. The van der Waals surface area contributed by atoms with Crippen LogP contribution in [-0.2, 0) is 6.54 Å². The third kappa shape index (κ3) is 2.41. The van der Waals surface area contributed by atoms with Crippen LogP contribution in [0.2, 0.25) is 0 Å². The Bertz CT molecular complexity index is 216. The average molecular weight is 236 g/mol. The molecular formula is C6H10BrN3S. The van der Waals surface area contributed by atoms with Crippen molar-refractivity contribution in [2.75, 3.05) is 17.7 Å². The van der Waals surface area contributed by atoms with E-state index >= 15 is 0 Å². The van der Waals surface area contributed by atoms with Crippen molar-refractivity contribution in [2.45, 2.75) is 6.54 Å². The molecule has 62 valence electrons. The highest BCUT2D eigenvalue weighted by molar-refractivity contribution is 9.10. The molecule has 0 saturated heterocycles. The maximum atomic E-state index is 5.53. The van der Waals surface area contributed by atoms with E-state index in [0.29, 0.717) is 5.82 Å². The number of anilines is 1. The molecule has 2 N–H and O–H groups in total. The molecule has 0 radical (unpaired) electrons. The van der Waals surface area contributed by atoms with Gasteiger partial charge >= 0.3 is 0 Å². The molecule has 5 heteroatoms. The summed E-state index contributed by atoms with van der Waals surface area (Å²) in [6.07, 6.45) is 3.97. The summed E-state index contributed by atoms with van der Waals surface area (Å²) in [5, 5.41) is 4.08. The summed E-state index contributed by atoms with van der Waals surface area (Å²) >= 11 is 5.09. The molecule has 1 aromatic rings. The second-order valence-electron chi connectivity index (χ2n) is 2.12. The van der Waals surface area contributed by atoms with Crippen molar-refractivity contribution >= 4 is 33.5 Å². The number of thioether (sulfide) groups is 1. The zero-order chi connectivity index (χ0) is 8.27. The highest BCUT2D eigenvalue weighted by Crippen LogP contribution is 2.16. The zero-order valence-electron chi connectivity index (χ0n) is 6.25. The first-order valence-corrected chi connectivity index (χ1v) is 5.40. The molecule has 0 aliphatic heterocycles. The van der Waals surface area contributed by atoms with E-state index < -0.39 is 0 Å². The molecule has 1 heterocycles. The Balaban J connectivity index is 2.58. The fraction of sp³-hybridized carbons (Fsp3) is 0.500. The van der Waals surface area contributed by atoms with Gasteiger partial charge in [-0.1, -0.05) is 0 Å². The molecule has 0 aromatic carbocycles. The van der Waals surface area contributed by atoms with Gasteiger partial charge in [-0.25, -0.2) is 0 Å². The molecule has 1 rings (SSSR count). The molecule has 1 aromatic heterocycles. The summed E-state index contributed by atoms with van der Waals surface area (Å²) in [5.74, 6) is 1.62. The maximum absolute atomic E-state index is 5.53. The number of nitrogens with zero attached hydrogens (tertiary/aromatic N) is 2. The molecule has 0 bridgehead atoms. The van der Waals surface area contributed by atoms with Crippen molar-refractivity contribution in [3.63, 3.8) is 0 Å². The number of halogens is 1. The number of nitrogens with two attached hydrogens (primary N) is 1. The van der Waals surface area contributed by atoms with Gasteiger partial charge in [0.15, 0.2) is 5.82 Å². The Kier molecular flexibility index (Phi) is 3.26. The van der Waals surface area contributed by atoms with Crippen LogP contribution in [0.1, 0.15) is 0 Å². The number of rotatable bonds is 3. The van der Waals surface area contributed by atoms with Crippen LogP contribution >= 0.6 is 27.7 Å². The Morgan fingerprint density at radius 3 is 3.00 bits per heavy atom. The fourth-order valence-corrected chi connectivity index (χ4v) is 1.40. The summed E-state index contributed by atoms with van der Waals surface area (Å²) in [6, 6.07) is 0. The van der Waals surface area contributed by atoms with E-state index in [-0.39, 0.29) is 0 Å². The molecule has 0 fully saturated rings. The SMILES string of the molecule is CSCCn1cc(Br)c(N)n1. The Morgan fingerprint density at radius 1 is 1.82 bits per heavy atom. The van der Waals surface area contributed by atoms with Crippen molar-refractivity contribution in [1.29, 1.82) is 0 Å². The molecule has 0 saturated carbocycles. The standard InChI is InChI=1S/C6H10BrN3S/c1-11-3-2-10-4-5(7)6(8)9-10/h4H,2-3H2,1H3,(H2,8,9). The van der Waals surface area contributed by atoms with E-state index in [9.17, 15) is 0 Å². The van der Waals surface area contributed by atoms with Gasteiger partial charge in [0.1, 0.15) is 0 Å². The van der Waals surface area contributed by atoms with Crippen LogP contribution in [-0.4, -0.2) is 21.8 Å². The van der Waals surface area contributed by atoms with Crippen molar-refractivity contribution < 1.29 is 0 Å². The van der Waals surface area contributed by atoms with Gasteiger partial charge in [0.2, 0.25) is 0 Å². The van der Waals surface area contributed by atoms with Crippen LogP contribution in [0.15, 0.2) is 10.7 Å². The minimum atomic E-state index is 0.561. The second kappa shape index (κ2) is 4.01. The zero-order valence-corrected chi connectivity index (χ0v) is 8.65. The topological polar surface area (TPSA) is 43.8 Å². The van der Waals surface area contributed by atoms with Gasteiger partial charge in [0, 0.05) is 11.9 Å². The highest BCUT2D eigenvalue weighted by atomic mass is 79.9. The van der Waals surface area contributed by atoms with Gasteiger partial charge in [0.05, 0.1) is 11.0 Å². The highest BCUT2D eigenvalue weighted by Gasteiger charge is 2.00. The van der Waals surface area contributed by atoms with Crippen molar-refractivity contribution in [3.8, 4) is 0 Å². The van der Waals surface area contributed by atoms with Crippen LogP contribution in [0.25, 0.3) is 0 Å². The predicted molar refractivity (Wildman–Crippen MR) is 52.7 cm³/mol. The first-order chi connectivity index (χ1) is 5.24. The quantitative estimate of drug-likeness (QED) is 0.866. The van der Waals surface area contributed by atoms with Crippen LogP contribution in [0, 0.1) is 0 Å². The predicted octanol–water partition coefficient (Wildman–Crippen LogP) is 1.59. The molecular weight excluding hydrogens is 226 g/mol. The summed E-state index contributed by atoms with van der Waals surface area (Å²) in [4.78, 5) is 0. The van der Waals surface area contributed by atoms with E-state index in [4.69, 9.17) is 5.73 Å². The fourth-order valence-electron chi connectivity index (χ4n) is 0.711. The smallest absolute Gasteiger partial charge is 0.159 e. The maximum Gasteiger partial charge on any atom is 0.159 e. The molecule has 0 aliphatic carbocycles. The van der Waals surface area contributed by atoms with Crippen LogP contribution in [0.4, 0.5) is 5.82 Å². The first-order valence-electron chi connectivity index (χ1n) is 3.21. The lowest BCUT2D eigenvalue weighted by atomic mass is 10.6. The summed E-state index contributed by atoms with van der Waals surface area (Å²) in [5.41, 5.74) is 5.53. The van der Waals surface area contributed by atoms with Crippen LogP contribution < -0.4 is 5.73 Å². The van der Waals surface area contributed by atoms with Crippen molar-refractivity contribution in [2.24, 2.45) is 0 Å². The summed E-state index contributed by atoms with van der Waals surface area (Å²) in [7, 11) is 0. The Hall–Kier alpha value is -0.160. The molecule has 0 amide bonds. The van der Waals surface area contributed by atoms with Gasteiger partial charge in [-0.15, -0.1) is 0 Å². The summed E-state index contributed by atoms with van der Waals surface area (Å²) < 4.78 is 2.72. The third-order valence-electron chi connectivity index (χ3n) is 1.27. The Morgan fingerprint density at radius 2 is 2.55 bits per heavy atom.